The fourth-order valence-electron chi connectivity index (χ4n) is 0.367. The van der Waals surface area contributed by atoms with E-state index < -0.39 is 29.3 Å². The Balaban J connectivity index is -0.0000000641. The van der Waals surface area contributed by atoms with Crippen LogP contribution in [0.15, 0.2) is 24.3 Å². The molecule has 0 amide bonds. The Hall–Kier alpha value is -0.473. The molecule has 1 aromatic rings. The van der Waals surface area contributed by atoms with Crippen molar-refractivity contribution in [3.8, 4) is 0 Å². The molecule has 12 nitrogen and oxygen atoms in total. The molecular formula is C6H16B4FLiO12. The number of rotatable bonds is 0. The summed E-state index contributed by atoms with van der Waals surface area (Å²) in [5.41, 5.74) is 0. The minimum Gasteiger partial charge on any atom is -0.402 e. The van der Waals surface area contributed by atoms with Crippen molar-refractivity contribution >= 4 is 29.3 Å². The zero-order valence-electron chi connectivity index (χ0n) is 12.4. The predicted octanol–water partition coefficient (Wildman–Crippen LogP) is -9.58. The van der Waals surface area contributed by atoms with Gasteiger partial charge < -0.3 is 60.3 Å². The molecule has 0 fully saturated rings. The fraction of sp³-hybridized carbons (Fsp3) is 0. The SMILES string of the molecule is Fc1cc[c-]cc1.OB(O)O.OB(O)O.OB(O)O.OB(O)O.[Li+]. The van der Waals surface area contributed by atoms with E-state index in [2.05, 4.69) is 6.07 Å². The maximum absolute atomic E-state index is 11.9. The first-order valence-corrected chi connectivity index (χ1v) is 5.11. The van der Waals surface area contributed by atoms with Crippen molar-refractivity contribution in [1.29, 1.82) is 0 Å². The van der Waals surface area contributed by atoms with Crippen LogP contribution in [0.3, 0.4) is 0 Å². The Morgan fingerprint density at radius 1 is 0.583 bits per heavy atom. The molecule has 0 aromatic heterocycles. The van der Waals surface area contributed by atoms with E-state index in [9.17, 15) is 4.39 Å². The second-order valence-corrected chi connectivity index (χ2v) is 2.60. The van der Waals surface area contributed by atoms with Gasteiger partial charge in [-0.15, -0.1) is 12.1 Å². The third kappa shape index (κ3) is 160. The van der Waals surface area contributed by atoms with E-state index >= 15 is 0 Å². The Kier molecular flexibility index (Phi) is 39.7. The monoisotopic (exact) mass is 350 g/mol. The molecule has 0 unspecified atom stereocenters. The van der Waals surface area contributed by atoms with Crippen LogP contribution >= 0.6 is 0 Å². The molecule has 0 bridgehead atoms. The van der Waals surface area contributed by atoms with E-state index in [1.165, 1.54) is 24.3 Å². The molecule has 12 N–H and O–H groups in total. The van der Waals surface area contributed by atoms with Crippen molar-refractivity contribution in [3.63, 3.8) is 0 Å². The molecule has 1 aromatic carbocycles. The van der Waals surface area contributed by atoms with Crippen molar-refractivity contribution in [1.82, 2.24) is 0 Å². The van der Waals surface area contributed by atoms with Gasteiger partial charge in [0.2, 0.25) is 0 Å². The maximum atomic E-state index is 11.9. The molecule has 0 aliphatic carbocycles. The summed E-state index contributed by atoms with van der Waals surface area (Å²) in [7, 11) is -8.67. The van der Waals surface area contributed by atoms with Crippen molar-refractivity contribution in [2.24, 2.45) is 0 Å². The molecule has 24 heavy (non-hydrogen) atoms. The third-order valence-corrected chi connectivity index (χ3v) is 0.678. The topological polar surface area (TPSA) is 243 Å². The summed E-state index contributed by atoms with van der Waals surface area (Å²) < 4.78 is 11.9. The summed E-state index contributed by atoms with van der Waals surface area (Å²) in [4.78, 5) is 0. The molecule has 18 heteroatoms. The largest absolute Gasteiger partial charge is 1.00 e. The Bertz CT molecular complexity index is 276. The van der Waals surface area contributed by atoms with Gasteiger partial charge in [0.1, 0.15) is 0 Å². The Morgan fingerprint density at radius 2 is 0.750 bits per heavy atom. The average molecular weight is 349 g/mol. The number of halogens is 1. The van der Waals surface area contributed by atoms with Crippen LogP contribution in [-0.4, -0.2) is 89.6 Å². The summed E-state index contributed by atoms with van der Waals surface area (Å²) in [6.07, 6.45) is 0. The van der Waals surface area contributed by atoms with Crippen LogP contribution in [0, 0.1) is 11.9 Å². The average Bonchev–Trinajstić information content (AvgIpc) is 2.26. The summed E-state index contributed by atoms with van der Waals surface area (Å²) in [5.74, 6) is -0.209. The predicted molar refractivity (Wildman–Crippen MR) is 74.9 cm³/mol. The molecule has 0 aliphatic rings. The van der Waals surface area contributed by atoms with Gasteiger partial charge in [-0.25, -0.2) is 4.39 Å². The van der Waals surface area contributed by atoms with Gasteiger partial charge in [-0.3, -0.25) is 0 Å². The third-order valence-electron chi connectivity index (χ3n) is 0.678. The molecular weight excluding hydrogens is 333 g/mol. The molecule has 0 spiro atoms. The van der Waals surface area contributed by atoms with Crippen molar-refractivity contribution < 1.29 is 83.5 Å². The fourth-order valence-corrected chi connectivity index (χ4v) is 0.367. The van der Waals surface area contributed by atoms with E-state index in [-0.39, 0.29) is 24.7 Å². The molecule has 0 saturated carbocycles. The van der Waals surface area contributed by atoms with Crippen molar-refractivity contribution in [2.75, 3.05) is 0 Å². The molecule has 0 radical (unpaired) electrons. The zero-order chi connectivity index (χ0) is 19.4. The molecule has 0 saturated heterocycles. The molecule has 0 aliphatic heterocycles. The van der Waals surface area contributed by atoms with Gasteiger partial charge in [-0.05, 0) is 0 Å². The molecule has 0 heterocycles. The van der Waals surface area contributed by atoms with E-state index in [1.807, 2.05) is 0 Å². The second-order valence-electron chi connectivity index (χ2n) is 2.60. The Labute approximate surface area is 149 Å². The first-order valence-electron chi connectivity index (χ1n) is 5.11. The van der Waals surface area contributed by atoms with Gasteiger partial charge in [0.05, 0.1) is 0 Å². The van der Waals surface area contributed by atoms with Crippen LogP contribution in [0.2, 0.25) is 0 Å². The smallest absolute Gasteiger partial charge is 0.402 e. The van der Waals surface area contributed by atoms with Crippen LogP contribution < -0.4 is 18.9 Å². The summed E-state index contributed by atoms with van der Waals surface area (Å²) in [6, 6.07) is 8.49. The minimum atomic E-state index is -2.17. The van der Waals surface area contributed by atoms with Gasteiger partial charge >= 0.3 is 48.1 Å². The van der Waals surface area contributed by atoms with Crippen LogP contribution in [0.25, 0.3) is 0 Å². The quantitative estimate of drug-likeness (QED) is 0.154. The summed E-state index contributed by atoms with van der Waals surface area (Å²) in [5, 5.41) is 86.0. The van der Waals surface area contributed by atoms with Crippen LogP contribution in [-0.2, 0) is 0 Å². The van der Waals surface area contributed by atoms with Gasteiger partial charge in [0.25, 0.3) is 0 Å². The summed E-state index contributed by atoms with van der Waals surface area (Å²) in [6.45, 7) is 0. The number of hydrogen-bond donors (Lipinski definition) is 12. The molecule has 132 valence electrons. The first-order chi connectivity index (χ1) is 10.3. The molecule has 1 rings (SSSR count). The van der Waals surface area contributed by atoms with E-state index in [0.29, 0.717) is 0 Å². The first kappa shape index (κ1) is 34.8. The Morgan fingerprint density at radius 3 is 0.833 bits per heavy atom. The van der Waals surface area contributed by atoms with E-state index in [4.69, 9.17) is 60.3 Å². The normalized spacial score (nSPS) is 7.04. The van der Waals surface area contributed by atoms with Crippen LogP contribution in [0.5, 0.6) is 0 Å². The van der Waals surface area contributed by atoms with Crippen molar-refractivity contribution in [2.45, 2.75) is 0 Å². The minimum absolute atomic E-state index is 0. The summed E-state index contributed by atoms with van der Waals surface area (Å²) >= 11 is 0. The zero-order valence-corrected chi connectivity index (χ0v) is 12.4. The van der Waals surface area contributed by atoms with Gasteiger partial charge in [-0.2, -0.15) is 18.2 Å². The number of benzene rings is 1. The standard InChI is InChI=1S/C6H4F.4BH3O3.Li/c7-6-4-2-1-3-5-6;4*2-1(3)4;/h2-5H;4*2-4H;/q-1;;;;;+1. The molecule has 0 atom stereocenters. The van der Waals surface area contributed by atoms with Gasteiger partial charge in [0, 0.05) is 5.82 Å². The van der Waals surface area contributed by atoms with E-state index in [1.54, 1.807) is 0 Å². The van der Waals surface area contributed by atoms with Crippen molar-refractivity contribution in [3.05, 3.63) is 36.1 Å². The number of hydrogen-bond acceptors (Lipinski definition) is 12. The van der Waals surface area contributed by atoms with Gasteiger partial charge in [-0.1, -0.05) is 0 Å². The van der Waals surface area contributed by atoms with Crippen LogP contribution in [0.4, 0.5) is 4.39 Å². The van der Waals surface area contributed by atoms with E-state index in [0.717, 1.165) is 0 Å². The second kappa shape index (κ2) is 27.4. The van der Waals surface area contributed by atoms with Gasteiger partial charge in [0.15, 0.2) is 0 Å². The van der Waals surface area contributed by atoms with Crippen LogP contribution in [0.1, 0.15) is 0 Å². The maximum Gasteiger partial charge on any atom is 1.00 e.